The van der Waals surface area contributed by atoms with Gasteiger partial charge in [-0.25, -0.2) is 0 Å². The summed E-state index contributed by atoms with van der Waals surface area (Å²) in [4.78, 5) is 12.5. The number of hydrogen-bond acceptors (Lipinski definition) is 2. The number of benzene rings is 1. The van der Waals surface area contributed by atoms with Crippen LogP contribution in [0.1, 0.15) is 40.2 Å². The Hall–Kier alpha value is -1.79. The number of rotatable bonds is 4. The quantitative estimate of drug-likeness (QED) is 0.401. The van der Waals surface area contributed by atoms with Gasteiger partial charge < -0.3 is 4.74 Å². The maximum atomic E-state index is 12.5. The molecule has 0 radical (unpaired) electrons. The first-order chi connectivity index (χ1) is 11.3. The second-order valence-corrected chi connectivity index (χ2v) is 13.6. The molecule has 0 N–H and O–H groups in total. The molecule has 2 atom stereocenters. The van der Waals surface area contributed by atoms with E-state index >= 15 is 0 Å². The fourth-order valence-corrected chi connectivity index (χ4v) is 2.56. The van der Waals surface area contributed by atoms with Crippen LogP contribution >= 0.6 is 0 Å². The largest absolute Gasteiger partial charge is 0.453 e. The summed E-state index contributed by atoms with van der Waals surface area (Å²) in [6.45, 7) is 16.2. The van der Waals surface area contributed by atoms with Crippen molar-refractivity contribution in [1.29, 1.82) is 0 Å². The van der Waals surface area contributed by atoms with Crippen LogP contribution in [0, 0.1) is 22.8 Å². The molecule has 1 rings (SSSR count). The van der Waals surface area contributed by atoms with Crippen LogP contribution in [0.15, 0.2) is 36.4 Å². The topological polar surface area (TPSA) is 26.3 Å². The Kier molecular flexibility index (Phi) is 6.85. The summed E-state index contributed by atoms with van der Waals surface area (Å²) in [7, 11) is -1.49. The Morgan fingerprint density at radius 3 is 2.16 bits per heavy atom. The summed E-state index contributed by atoms with van der Waals surface area (Å²) < 4.78 is 5.94. The normalized spacial score (nSPS) is 15.8. The van der Waals surface area contributed by atoms with Gasteiger partial charge in [0.15, 0.2) is 0 Å². The van der Waals surface area contributed by atoms with Crippen molar-refractivity contribution in [2.45, 2.75) is 59.9 Å². The number of carbonyl (C=O) groups excluding carboxylic acids is 1. The maximum absolute atomic E-state index is 12.5. The molecule has 1 aromatic rings. The highest BCUT2D eigenvalue weighted by Gasteiger charge is 2.36. The SMILES string of the molecule is C[C@H](C#C[Si](C)(C)C)[C@@](C)(/C=C/c1ccccc1)OC(=O)C(C)(C)C. The van der Waals surface area contributed by atoms with Crippen LogP contribution in [-0.2, 0) is 9.53 Å². The third-order valence-corrected chi connectivity index (χ3v) is 4.75. The molecule has 0 spiro atoms. The van der Waals surface area contributed by atoms with Gasteiger partial charge in [-0.05, 0) is 46.3 Å². The Morgan fingerprint density at radius 2 is 1.68 bits per heavy atom. The third kappa shape index (κ3) is 7.32. The van der Waals surface area contributed by atoms with Gasteiger partial charge in [0.25, 0.3) is 0 Å². The van der Waals surface area contributed by atoms with Crippen molar-refractivity contribution in [1.82, 2.24) is 0 Å². The fourth-order valence-electron chi connectivity index (χ4n) is 1.91. The van der Waals surface area contributed by atoms with Crippen molar-refractivity contribution >= 4 is 20.1 Å². The molecule has 3 heteroatoms. The lowest BCUT2D eigenvalue weighted by Gasteiger charge is -2.33. The van der Waals surface area contributed by atoms with Crippen LogP contribution in [-0.4, -0.2) is 19.6 Å². The minimum absolute atomic E-state index is 0.0921. The molecule has 0 aromatic heterocycles. The van der Waals surface area contributed by atoms with Gasteiger partial charge in [0, 0.05) is 0 Å². The van der Waals surface area contributed by atoms with Crippen LogP contribution in [0.2, 0.25) is 19.6 Å². The number of esters is 1. The molecular weight excluding hydrogens is 324 g/mol. The van der Waals surface area contributed by atoms with E-state index in [1.165, 1.54) is 0 Å². The second-order valence-electron chi connectivity index (χ2n) is 8.81. The molecule has 25 heavy (non-hydrogen) atoms. The van der Waals surface area contributed by atoms with Gasteiger partial charge in [-0.15, -0.1) is 11.5 Å². The van der Waals surface area contributed by atoms with Gasteiger partial charge in [-0.1, -0.05) is 56.0 Å². The molecule has 1 aromatic carbocycles. The highest BCUT2D eigenvalue weighted by Crippen LogP contribution is 2.29. The summed E-state index contributed by atoms with van der Waals surface area (Å²) >= 11 is 0. The van der Waals surface area contributed by atoms with Gasteiger partial charge in [-0.3, -0.25) is 4.79 Å². The summed E-state index contributed by atoms with van der Waals surface area (Å²) in [6, 6.07) is 10.0. The molecule has 136 valence electrons. The zero-order chi connectivity index (χ0) is 19.3. The van der Waals surface area contributed by atoms with Gasteiger partial charge >= 0.3 is 5.97 Å². The van der Waals surface area contributed by atoms with E-state index in [1.54, 1.807) is 0 Å². The first-order valence-electron chi connectivity index (χ1n) is 8.84. The standard InChI is InChI=1S/C22H32O2Si/c1-18(15-17-25(6,7)8)22(5,24-20(23)21(2,3)4)16-14-19-12-10-9-11-13-19/h9-14,16,18H,1-8H3/b16-14+/t18-,22-/m1/s1. The Morgan fingerprint density at radius 1 is 1.12 bits per heavy atom. The molecule has 0 fully saturated rings. The second kappa shape index (κ2) is 8.06. The van der Waals surface area contributed by atoms with E-state index in [4.69, 9.17) is 4.74 Å². The summed E-state index contributed by atoms with van der Waals surface area (Å²) in [5, 5.41) is 0. The Balaban J connectivity index is 3.18. The summed E-state index contributed by atoms with van der Waals surface area (Å²) in [6.07, 6.45) is 3.97. The lowest BCUT2D eigenvalue weighted by molar-refractivity contribution is -0.165. The Labute approximate surface area is 154 Å². The Bertz CT molecular complexity index is 666. The molecule has 0 aliphatic rings. The summed E-state index contributed by atoms with van der Waals surface area (Å²) in [5.74, 6) is 3.03. The first kappa shape index (κ1) is 21.2. The van der Waals surface area contributed by atoms with E-state index in [0.29, 0.717) is 0 Å². The highest BCUT2D eigenvalue weighted by molar-refractivity contribution is 6.83. The fraction of sp³-hybridized carbons (Fsp3) is 0.500. The smallest absolute Gasteiger partial charge is 0.312 e. The average molecular weight is 357 g/mol. The van der Waals surface area contributed by atoms with Crippen LogP contribution in [0.3, 0.4) is 0 Å². The number of carbonyl (C=O) groups is 1. The van der Waals surface area contributed by atoms with E-state index in [2.05, 4.69) is 31.1 Å². The van der Waals surface area contributed by atoms with Crippen molar-refractivity contribution in [3.63, 3.8) is 0 Å². The number of hydrogen-bond donors (Lipinski definition) is 0. The lowest BCUT2D eigenvalue weighted by atomic mass is 9.89. The van der Waals surface area contributed by atoms with E-state index in [9.17, 15) is 4.79 Å². The van der Waals surface area contributed by atoms with Crippen molar-refractivity contribution < 1.29 is 9.53 Å². The lowest BCUT2D eigenvalue weighted by Crippen LogP contribution is -2.40. The minimum Gasteiger partial charge on any atom is -0.453 e. The van der Waals surface area contributed by atoms with Gasteiger partial charge in [0.1, 0.15) is 13.7 Å². The first-order valence-corrected chi connectivity index (χ1v) is 12.3. The molecule has 0 saturated carbocycles. The van der Waals surface area contributed by atoms with Gasteiger partial charge in [0.05, 0.1) is 11.3 Å². The number of ether oxygens (including phenoxy) is 1. The van der Waals surface area contributed by atoms with Crippen molar-refractivity contribution in [3.05, 3.63) is 42.0 Å². The van der Waals surface area contributed by atoms with Crippen molar-refractivity contribution in [2.24, 2.45) is 11.3 Å². The predicted octanol–water partition coefficient (Wildman–Crippen LogP) is 5.56. The highest BCUT2D eigenvalue weighted by atomic mass is 28.3. The summed E-state index contributed by atoms with van der Waals surface area (Å²) in [5.41, 5.74) is 3.16. The van der Waals surface area contributed by atoms with Crippen LogP contribution < -0.4 is 0 Å². The molecular formula is C22H32O2Si. The molecule has 0 aliphatic carbocycles. The molecule has 0 bridgehead atoms. The molecule has 0 heterocycles. The molecule has 0 unspecified atom stereocenters. The molecule has 2 nitrogen and oxygen atoms in total. The maximum Gasteiger partial charge on any atom is 0.312 e. The molecule has 0 aliphatic heterocycles. The predicted molar refractivity (Wildman–Crippen MR) is 110 cm³/mol. The zero-order valence-corrected chi connectivity index (χ0v) is 17.9. The third-order valence-electron chi connectivity index (χ3n) is 3.85. The average Bonchev–Trinajstić information content (AvgIpc) is 2.50. The van der Waals surface area contributed by atoms with E-state index in [-0.39, 0.29) is 11.9 Å². The van der Waals surface area contributed by atoms with Crippen molar-refractivity contribution in [2.75, 3.05) is 0 Å². The minimum atomic E-state index is -1.49. The zero-order valence-electron chi connectivity index (χ0n) is 16.9. The van der Waals surface area contributed by atoms with Gasteiger partial charge in [-0.2, -0.15) is 0 Å². The van der Waals surface area contributed by atoms with Crippen LogP contribution in [0.25, 0.3) is 6.08 Å². The van der Waals surface area contributed by atoms with E-state index in [0.717, 1.165) is 5.56 Å². The van der Waals surface area contributed by atoms with E-state index in [1.807, 2.05) is 77.1 Å². The monoisotopic (exact) mass is 356 g/mol. The van der Waals surface area contributed by atoms with E-state index < -0.39 is 19.1 Å². The molecule has 0 amide bonds. The van der Waals surface area contributed by atoms with Crippen LogP contribution in [0.4, 0.5) is 0 Å². The molecule has 0 saturated heterocycles. The van der Waals surface area contributed by atoms with Crippen LogP contribution in [0.5, 0.6) is 0 Å². The van der Waals surface area contributed by atoms with Crippen molar-refractivity contribution in [3.8, 4) is 11.5 Å². The van der Waals surface area contributed by atoms with Gasteiger partial charge in [0.2, 0.25) is 0 Å².